The Morgan fingerprint density at radius 3 is 2.20 bits per heavy atom. The van der Waals surface area contributed by atoms with E-state index in [0.717, 1.165) is 0 Å². The van der Waals surface area contributed by atoms with Crippen LogP contribution in [0.4, 0.5) is 0 Å². The Balaban J connectivity index is 2.38. The molecule has 1 fully saturated rings. The van der Waals surface area contributed by atoms with Crippen LogP contribution in [0.3, 0.4) is 0 Å². The van der Waals surface area contributed by atoms with E-state index in [1.54, 1.807) is 0 Å². The highest BCUT2D eigenvalue weighted by Crippen LogP contribution is 2.58. The fraction of sp³-hybridized carbons (Fsp3) is 0.571. The zero-order valence-electron chi connectivity index (χ0n) is 10.1. The molecular weight excluding hydrogens is 182 g/mol. The molecule has 0 unspecified atom stereocenters. The SMILES string of the molecule is CC(C)c1ccccc1[C@@H]1[C@@H](N)C1(C)C. The zero-order valence-corrected chi connectivity index (χ0v) is 10.1. The molecule has 1 heteroatoms. The van der Waals surface area contributed by atoms with E-state index < -0.39 is 0 Å². The van der Waals surface area contributed by atoms with E-state index in [0.29, 0.717) is 17.9 Å². The Bertz CT molecular complexity index is 365. The molecule has 0 amide bonds. The molecule has 15 heavy (non-hydrogen) atoms. The van der Waals surface area contributed by atoms with Gasteiger partial charge in [0.25, 0.3) is 0 Å². The molecule has 1 aromatic carbocycles. The lowest BCUT2D eigenvalue weighted by Crippen LogP contribution is -2.06. The third-order valence-corrected chi connectivity index (χ3v) is 3.86. The molecule has 1 aromatic rings. The molecule has 2 rings (SSSR count). The first-order valence-corrected chi connectivity index (χ1v) is 5.80. The van der Waals surface area contributed by atoms with E-state index in [1.807, 2.05) is 0 Å². The number of nitrogens with two attached hydrogens (primary N) is 1. The first-order valence-electron chi connectivity index (χ1n) is 5.80. The third-order valence-electron chi connectivity index (χ3n) is 3.86. The molecule has 0 aliphatic heterocycles. The van der Waals surface area contributed by atoms with Gasteiger partial charge in [-0.15, -0.1) is 0 Å². The number of hydrogen-bond acceptors (Lipinski definition) is 1. The van der Waals surface area contributed by atoms with Gasteiger partial charge in [0, 0.05) is 12.0 Å². The molecule has 0 spiro atoms. The van der Waals surface area contributed by atoms with Gasteiger partial charge in [0.15, 0.2) is 0 Å². The van der Waals surface area contributed by atoms with E-state index >= 15 is 0 Å². The maximum Gasteiger partial charge on any atom is 0.0172 e. The van der Waals surface area contributed by atoms with E-state index in [1.165, 1.54) is 11.1 Å². The lowest BCUT2D eigenvalue weighted by Gasteiger charge is -2.13. The van der Waals surface area contributed by atoms with Crippen molar-refractivity contribution in [3.63, 3.8) is 0 Å². The topological polar surface area (TPSA) is 26.0 Å². The Morgan fingerprint density at radius 1 is 1.20 bits per heavy atom. The summed E-state index contributed by atoms with van der Waals surface area (Å²) < 4.78 is 0. The predicted octanol–water partition coefficient (Wildman–Crippen LogP) is 3.26. The molecular formula is C14H21N. The minimum atomic E-state index is 0.283. The predicted molar refractivity (Wildman–Crippen MR) is 65.0 cm³/mol. The molecule has 1 aliphatic carbocycles. The second kappa shape index (κ2) is 3.34. The Kier molecular flexibility index (Phi) is 2.38. The fourth-order valence-electron chi connectivity index (χ4n) is 2.59. The zero-order chi connectivity index (χ0) is 11.2. The van der Waals surface area contributed by atoms with Crippen LogP contribution < -0.4 is 5.73 Å². The highest BCUT2D eigenvalue weighted by atomic mass is 14.8. The van der Waals surface area contributed by atoms with E-state index in [4.69, 9.17) is 5.73 Å². The van der Waals surface area contributed by atoms with Gasteiger partial charge in [0.05, 0.1) is 0 Å². The normalized spacial score (nSPS) is 28.1. The molecule has 0 aromatic heterocycles. The maximum absolute atomic E-state index is 6.15. The van der Waals surface area contributed by atoms with Crippen LogP contribution >= 0.6 is 0 Å². The highest BCUT2D eigenvalue weighted by Gasteiger charge is 2.56. The molecule has 2 atom stereocenters. The van der Waals surface area contributed by atoms with Crippen molar-refractivity contribution in [3.05, 3.63) is 35.4 Å². The van der Waals surface area contributed by atoms with Crippen LogP contribution in [0.25, 0.3) is 0 Å². The average Bonchev–Trinajstić information content (AvgIpc) is 2.66. The summed E-state index contributed by atoms with van der Waals surface area (Å²) in [6, 6.07) is 9.06. The summed E-state index contributed by atoms with van der Waals surface area (Å²) in [5, 5.41) is 0. The Morgan fingerprint density at radius 2 is 1.73 bits per heavy atom. The van der Waals surface area contributed by atoms with E-state index in [9.17, 15) is 0 Å². The van der Waals surface area contributed by atoms with Crippen LogP contribution in [-0.4, -0.2) is 6.04 Å². The van der Waals surface area contributed by atoms with Gasteiger partial charge in [0.2, 0.25) is 0 Å². The highest BCUT2D eigenvalue weighted by molar-refractivity contribution is 5.41. The first kappa shape index (κ1) is 10.7. The van der Waals surface area contributed by atoms with Crippen molar-refractivity contribution < 1.29 is 0 Å². The average molecular weight is 203 g/mol. The monoisotopic (exact) mass is 203 g/mol. The summed E-state index contributed by atoms with van der Waals surface area (Å²) >= 11 is 0. The molecule has 0 radical (unpaired) electrons. The summed E-state index contributed by atoms with van der Waals surface area (Å²) in [6.45, 7) is 9.03. The van der Waals surface area contributed by atoms with Gasteiger partial charge in [0.1, 0.15) is 0 Å². The third kappa shape index (κ3) is 1.59. The van der Waals surface area contributed by atoms with Gasteiger partial charge in [-0.1, -0.05) is 52.0 Å². The summed E-state index contributed by atoms with van der Waals surface area (Å²) in [4.78, 5) is 0. The summed E-state index contributed by atoms with van der Waals surface area (Å²) in [7, 11) is 0. The molecule has 1 aliphatic rings. The van der Waals surface area contributed by atoms with Crippen LogP contribution in [0.15, 0.2) is 24.3 Å². The number of benzene rings is 1. The quantitative estimate of drug-likeness (QED) is 0.784. The van der Waals surface area contributed by atoms with E-state index in [2.05, 4.69) is 52.0 Å². The lowest BCUT2D eigenvalue weighted by atomic mass is 9.92. The Hall–Kier alpha value is -0.820. The molecule has 0 saturated heterocycles. The summed E-state index contributed by atoms with van der Waals surface area (Å²) in [5.41, 5.74) is 9.35. The number of rotatable bonds is 2. The molecule has 82 valence electrons. The van der Waals surface area contributed by atoms with Gasteiger partial charge in [-0.05, 0) is 22.5 Å². The van der Waals surface area contributed by atoms with Crippen molar-refractivity contribution in [1.29, 1.82) is 0 Å². The van der Waals surface area contributed by atoms with Crippen LogP contribution in [0.5, 0.6) is 0 Å². The van der Waals surface area contributed by atoms with Crippen LogP contribution in [0.1, 0.15) is 50.7 Å². The van der Waals surface area contributed by atoms with Crippen molar-refractivity contribution in [2.75, 3.05) is 0 Å². The molecule has 1 saturated carbocycles. The van der Waals surface area contributed by atoms with Gasteiger partial charge >= 0.3 is 0 Å². The van der Waals surface area contributed by atoms with E-state index in [-0.39, 0.29) is 5.41 Å². The standard InChI is InChI=1S/C14H21N/c1-9(2)10-7-5-6-8-11(10)12-13(15)14(12,3)4/h5-9,12-13H,15H2,1-4H3/t12-,13-/m1/s1. The van der Waals surface area contributed by atoms with Crippen molar-refractivity contribution in [1.82, 2.24) is 0 Å². The molecule has 2 N–H and O–H groups in total. The maximum atomic E-state index is 6.15. The van der Waals surface area contributed by atoms with Crippen LogP contribution in [0, 0.1) is 5.41 Å². The van der Waals surface area contributed by atoms with Crippen LogP contribution in [0.2, 0.25) is 0 Å². The largest absolute Gasteiger partial charge is 0.327 e. The van der Waals surface area contributed by atoms with Crippen molar-refractivity contribution in [2.45, 2.75) is 45.6 Å². The summed E-state index contributed by atoms with van der Waals surface area (Å²) in [5.74, 6) is 1.14. The minimum absolute atomic E-state index is 0.283. The van der Waals surface area contributed by atoms with Gasteiger partial charge in [-0.25, -0.2) is 0 Å². The lowest BCUT2D eigenvalue weighted by molar-refractivity contribution is 0.597. The second-order valence-electron chi connectivity index (χ2n) is 5.61. The second-order valence-corrected chi connectivity index (χ2v) is 5.61. The molecule has 0 bridgehead atoms. The van der Waals surface area contributed by atoms with Crippen molar-refractivity contribution >= 4 is 0 Å². The number of hydrogen-bond donors (Lipinski definition) is 1. The van der Waals surface area contributed by atoms with Crippen LogP contribution in [-0.2, 0) is 0 Å². The van der Waals surface area contributed by atoms with Gasteiger partial charge in [-0.3, -0.25) is 0 Å². The fourth-order valence-corrected chi connectivity index (χ4v) is 2.59. The van der Waals surface area contributed by atoms with Gasteiger partial charge < -0.3 is 5.73 Å². The molecule has 1 nitrogen and oxygen atoms in total. The Labute approximate surface area is 92.7 Å². The smallest absolute Gasteiger partial charge is 0.0172 e. The van der Waals surface area contributed by atoms with Crippen molar-refractivity contribution in [2.24, 2.45) is 11.1 Å². The minimum Gasteiger partial charge on any atom is -0.327 e. The first-order chi connectivity index (χ1) is 6.96. The van der Waals surface area contributed by atoms with Gasteiger partial charge in [-0.2, -0.15) is 0 Å². The van der Waals surface area contributed by atoms with Crippen molar-refractivity contribution in [3.8, 4) is 0 Å². The summed E-state index contributed by atoms with van der Waals surface area (Å²) in [6.07, 6.45) is 0. The molecule has 0 heterocycles.